The zero-order chi connectivity index (χ0) is 12.5. The number of carboxylic acid groups (broad SMARTS) is 1. The summed E-state index contributed by atoms with van der Waals surface area (Å²) >= 11 is 0. The predicted molar refractivity (Wildman–Crippen MR) is 62.4 cm³/mol. The van der Waals surface area contributed by atoms with E-state index in [0.29, 0.717) is 12.8 Å². The highest BCUT2D eigenvalue weighted by Gasteiger charge is 2.41. The molecular formula is C13H16O4. The molecule has 2 rings (SSSR count). The quantitative estimate of drug-likeness (QED) is 0.867. The van der Waals surface area contributed by atoms with E-state index in [-0.39, 0.29) is 0 Å². The molecule has 0 heterocycles. The third-order valence-electron chi connectivity index (χ3n) is 3.47. The molecule has 1 aliphatic rings. The zero-order valence-electron chi connectivity index (χ0n) is 10.0. The SMILES string of the molecule is COc1ccc2c(c1)CC(OC)(C(=O)O)CC2. The summed E-state index contributed by atoms with van der Waals surface area (Å²) in [4.78, 5) is 11.3. The van der Waals surface area contributed by atoms with Gasteiger partial charge < -0.3 is 14.6 Å². The lowest BCUT2D eigenvalue weighted by Crippen LogP contribution is -2.45. The fourth-order valence-electron chi connectivity index (χ4n) is 2.31. The average molecular weight is 236 g/mol. The van der Waals surface area contributed by atoms with Gasteiger partial charge in [0.05, 0.1) is 7.11 Å². The number of benzene rings is 1. The number of hydrogen-bond donors (Lipinski definition) is 1. The van der Waals surface area contributed by atoms with Crippen molar-refractivity contribution in [2.45, 2.75) is 24.9 Å². The Kier molecular flexibility index (Phi) is 3.07. The smallest absolute Gasteiger partial charge is 0.336 e. The number of carbonyl (C=O) groups is 1. The fraction of sp³-hybridized carbons (Fsp3) is 0.462. The van der Waals surface area contributed by atoms with Crippen LogP contribution in [-0.4, -0.2) is 30.9 Å². The lowest BCUT2D eigenvalue weighted by Gasteiger charge is -2.33. The number of methoxy groups -OCH3 is 2. The summed E-state index contributed by atoms with van der Waals surface area (Å²) in [6, 6.07) is 5.79. The van der Waals surface area contributed by atoms with Gasteiger partial charge in [0.15, 0.2) is 5.60 Å². The topological polar surface area (TPSA) is 55.8 Å². The minimum Gasteiger partial charge on any atom is -0.497 e. The molecule has 1 aliphatic carbocycles. The normalized spacial score (nSPS) is 22.9. The minimum atomic E-state index is -1.08. The van der Waals surface area contributed by atoms with Gasteiger partial charge >= 0.3 is 5.97 Å². The standard InChI is InChI=1S/C13H16O4/c1-16-11-4-3-9-5-6-13(17-2,12(14)15)8-10(9)7-11/h3-4,7H,5-6,8H2,1-2H3,(H,14,15). The summed E-state index contributed by atoms with van der Waals surface area (Å²) in [5.41, 5.74) is 1.10. The van der Waals surface area contributed by atoms with Gasteiger partial charge in [-0.2, -0.15) is 0 Å². The lowest BCUT2D eigenvalue weighted by molar-refractivity contribution is -0.163. The van der Waals surface area contributed by atoms with E-state index in [2.05, 4.69) is 0 Å². The highest BCUT2D eigenvalue weighted by atomic mass is 16.5. The summed E-state index contributed by atoms with van der Waals surface area (Å²) in [6.07, 6.45) is 1.63. The van der Waals surface area contributed by atoms with E-state index in [4.69, 9.17) is 9.47 Å². The van der Waals surface area contributed by atoms with E-state index in [1.807, 2.05) is 18.2 Å². The van der Waals surface area contributed by atoms with Crippen molar-refractivity contribution in [3.63, 3.8) is 0 Å². The summed E-state index contributed by atoms with van der Waals surface area (Å²) in [7, 11) is 3.06. The molecule has 0 bridgehead atoms. The molecule has 4 nitrogen and oxygen atoms in total. The average Bonchev–Trinajstić information content (AvgIpc) is 2.37. The molecule has 1 unspecified atom stereocenters. The van der Waals surface area contributed by atoms with Crippen LogP contribution in [0.1, 0.15) is 17.5 Å². The molecule has 0 fully saturated rings. The Morgan fingerprint density at radius 1 is 1.35 bits per heavy atom. The van der Waals surface area contributed by atoms with Crippen molar-refractivity contribution < 1.29 is 19.4 Å². The van der Waals surface area contributed by atoms with Crippen LogP contribution >= 0.6 is 0 Å². The number of carboxylic acids is 1. The van der Waals surface area contributed by atoms with Crippen LogP contribution in [0.2, 0.25) is 0 Å². The lowest BCUT2D eigenvalue weighted by atomic mass is 9.80. The van der Waals surface area contributed by atoms with Gasteiger partial charge in [-0.1, -0.05) is 6.07 Å². The third-order valence-corrected chi connectivity index (χ3v) is 3.47. The second-order valence-electron chi connectivity index (χ2n) is 4.31. The van der Waals surface area contributed by atoms with E-state index in [1.165, 1.54) is 12.7 Å². The minimum absolute atomic E-state index is 0.394. The maximum atomic E-state index is 11.3. The Morgan fingerprint density at radius 2 is 2.12 bits per heavy atom. The van der Waals surface area contributed by atoms with Crippen molar-refractivity contribution >= 4 is 5.97 Å². The van der Waals surface area contributed by atoms with Gasteiger partial charge in [-0.3, -0.25) is 0 Å². The number of ether oxygens (including phenoxy) is 2. The molecule has 4 heteroatoms. The first kappa shape index (κ1) is 11.9. The third kappa shape index (κ3) is 2.00. The molecular weight excluding hydrogens is 220 g/mol. The van der Waals surface area contributed by atoms with Crippen molar-refractivity contribution in [2.24, 2.45) is 0 Å². The van der Waals surface area contributed by atoms with Crippen molar-refractivity contribution in [2.75, 3.05) is 14.2 Å². The molecule has 1 atom stereocenters. The summed E-state index contributed by atoms with van der Waals surface area (Å²) in [5, 5.41) is 9.28. The molecule has 0 saturated heterocycles. The maximum Gasteiger partial charge on any atom is 0.336 e. The number of aliphatic carboxylic acids is 1. The van der Waals surface area contributed by atoms with Crippen molar-refractivity contribution in [1.29, 1.82) is 0 Å². The van der Waals surface area contributed by atoms with Crippen LogP contribution in [0.4, 0.5) is 0 Å². The Labute approximate surface area is 100 Å². The Bertz CT molecular complexity index is 441. The summed E-state index contributed by atoms with van der Waals surface area (Å²) < 4.78 is 10.4. The molecule has 0 radical (unpaired) electrons. The predicted octanol–water partition coefficient (Wildman–Crippen LogP) is 1.65. The van der Waals surface area contributed by atoms with Crippen LogP contribution in [0.25, 0.3) is 0 Å². The van der Waals surface area contributed by atoms with Gasteiger partial charge in [-0.25, -0.2) is 4.79 Å². The first-order chi connectivity index (χ1) is 8.11. The first-order valence-corrected chi connectivity index (χ1v) is 5.55. The van der Waals surface area contributed by atoms with E-state index in [9.17, 15) is 9.90 Å². The van der Waals surface area contributed by atoms with Gasteiger partial charge in [-0.05, 0) is 36.1 Å². The Hall–Kier alpha value is -1.55. The molecule has 0 aromatic heterocycles. The zero-order valence-corrected chi connectivity index (χ0v) is 10.0. The second kappa shape index (κ2) is 4.37. The molecule has 1 aromatic carbocycles. The van der Waals surface area contributed by atoms with E-state index >= 15 is 0 Å². The van der Waals surface area contributed by atoms with Gasteiger partial charge in [-0.15, -0.1) is 0 Å². The fourth-order valence-corrected chi connectivity index (χ4v) is 2.31. The number of rotatable bonds is 3. The van der Waals surface area contributed by atoms with E-state index < -0.39 is 11.6 Å². The number of aryl methyl sites for hydroxylation is 1. The largest absolute Gasteiger partial charge is 0.497 e. The van der Waals surface area contributed by atoms with E-state index in [1.54, 1.807) is 7.11 Å². The second-order valence-corrected chi connectivity index (χ2v) is 4.31. The molecule has 0 amide bonds. The van der Waals surface area contributed by atoms with Crippen molar-refractivity contribution in [3.05, 3.63) is 29.3 Å². The monoisotopic (exact) mass is 236 g/mol. The van der Waals surface area contributed by atoms with Gasteiger partial charge in [0.2, 0.25) is 0 Å². The van der Waals surface area contributed by atoms with Crippen LogP contribution in [0.15, 0.2) is 18.2 Å². The summed E-state index contributed by atoms with van der Waals surface area (Å²) in [5.74, 6) is -0.144. The van der Waals surface area contributed by atoms with Crippen molar-refractivity contribution in [1.82, 2.24) is 0 Å². The van der Waals surface area contributed by atoms with Crippen LogP contribution in [-0.2, 0) is 22.4 Å². The highest BCUT2D eigenvalue weighted by Crippen LogP contribution is 2.33. The highest BCUT2D eigenvalue weighted by molar-refractivity contribution is 5.78. The van der Waals surface area contributed by atoms with Gasteiger partial charge in [0.25, 0.3) is 0 Å². The van der Waals surface area contributed by atoms with E-state index in [0.717, 1.165) is 17.7 Å². The molecule has 1 aromatic rings. The number of hydrogen-bond acceptors (Lipinski definition) is 3. The van der Waals surface area contributed by atoms with Crippen LogP contribution in [0.5, 0.6) is 5.75 Å². The number of fused-ring (bicyclic) bond motifs is 1. The molecule has 92 valence electrons. The maximum absolute atomic E-state index is 11.3. The summed E-state index contributed by atoms with van der Waals surface area (Å²) in [6.45, 7) is 0. The van der Waals surface area contributed by atoms with Gasteiger partial charge in [0, 0.05) is 13.5 Å². The molecule has 0 aliphatic heterocycles. The first-order valence-electron chi connectivity index (χ1n) is 5.55. The van der Waals surface area contributed by atoms with Crippen molar-refractivity contribution in [3.8, 4) is 5.75 Å². The molecule has 17 heavy (non-hydrogen) atoms. The Morgan fingerprint density at radius 3 is 2.71 bits per heavy atom. The molecule has 0 spiro atoms. The van der Waals surface area contributed by atoms with Crippen LogP contribution in [0, 0.1) is 0 Å². The molecule has 0 saturated carbocycles. The van der Waals surface area contributed by atoms with Crippen LogP contribution < -0.4 is 4.74 Å². The van der Waals surface area contributed by atoms with Crippen LogP contribution in [0.3, 0.4) is 0 Å². The Balaban J connectivity index is 2.36. The molecule has 1 N–H and O–H groups in total. The van der Waals surface area contributed by atoms with Gasteiger partial charge in [0.1, 0.15) is 5.75 Å².